The van der Waals surface area contributed by atoms with Crippen molar-refractivity contribution in [1.82, 2.24) is 14.6 Å². The normalized spacial score (nSPS) is 11.8. The molecule has 0 aliphatic heterocycles. The average Bonchev–Trinajstić information content (AvgIpc) is 2.56. The van der Waals surface area contributed by atoms with Crippen molar-refractivity contribution in [2.75, 3.05) is 0 Å². The van der Waals surface area contributed by atoms with Gasteiger partial charge in [0.15, 0.2) is 10.9 Å². The summed E-state index contributed by atoms with van der Waals surface area (Å²) >= 11 is 5.99. The van der Waals surface area contributed by atoms with Crippen molar-refractivity contribution < 1.29 is 9.53 Å². The highest BCUT2D eigenvalue weighted by Gasteiger charge is 2.25. The number of halogens is 1. The smallest absolute Gasteiger partial charge is 0.316 e. The Hall–Kier alpha value is -1.62. The monoisotopic (exact) mass is 272 g/mol. The molecule has 0 aliphatic carbocycles. The van der Waals surface area contributed by atoms with Gasteiger partial charge in [-0.05, 0) is 27.7 Å². The van der Waals surface area contributed by atoms with Crippen molar-refractivity contribution in [1.29, 1.82) is 0 Å². The quantitative estimate of drug-likeness (QED) is 0.591. The Bertz CT molecular complexity index is 614. The topological polar surface area (TPSA) is 56.5 Å². The molecule has 0 spiro atoms. The van der Waals surface area contributed by atoms with Gasteiger partial charge in [-0.25, -0.2) is 9.50 Å². The van der Waals surface area contributed by atoms with Gasteiger partial charge >= 0.3 is 5.97 Å². The zero-order chi connectivity index (χ0) is 13.5. The summed E-state index contributed by atoms with van der Waals surface area (Å²) in [7, 11) is 0. The van der Waals surface area contributed by atoms with Crippen LogP contribution in [0.2, 0.25) is 5.15 Å². The summed E-state index contributed by atoms with van der Waals surface area (Å²) in [4.78, 5) is 15.7. The van der Waals surface area contributed by atoms with Gasteiger partial charge in [0.05, 0.1) is 11.6 Å². The number of hydrogen-bond donors (Lipinski definition) is 0. The van der Waals surface area contributed by atoms with Gasteiger partial charge in [0.2, 0.25) is 0 Å². The number of hydrogen-bond acceptors (Lipinski definition) is 4. The van der Waals surface area contributed by atoms with E-state index in [-0.39, 0.29) is 5.97 Å². The molecule has 0 aromatic carbocycles. The molecule has 2 aromatic heterocycles. The first-order chi connectivity index (χ1) is 8.30. The number of fused-ring (bicyclic) bond motifs is 1. The van der Waals surface area contributed by atoms with Gasteiger partial charge in [0.25, 0.3) is 0 Å². The summed E-state index contributed by atoms with van der Waals surface area (Å²) in [5, 5.41) is 4.36. The number of ether oxygens (including phenoxy) is 1. The Labute approximate surface area is 110 Å². The highest BCUT2D eigenvalue weighted by atomic mass is 35.5. The van der Waals surface area contributed by atoms with E-state index in [1.54, 1.807) is 31.5 Å². The Morgan fingerprint density at radius 3 is 2.67 bits per heavy atom. The highest BCUT2D eigenvalue weighted by molar-refractivity contribution is 6.32. The molecule has 0 bridgehead atoms. The third kappa shape index (κ3) is 2.18. The zero-order valence-corrected chi connectivity index (χ0v) is 11.4. The molecule has 5 nitrogen and oxygen atoms in total. The largest absolute Gasteiger partial charge is 0.424 e. The molecule has 0 saturated heterocycles. The molecule has 0 atom stereocenters. The van der Waals surface area contributed by atoms with E-state index >= 15 is 0 Å². The zero-order valence-electron chi connectivity index (χ0n) is 10.7. The summed E-state index contributed by atoms with van der Waals surface area (Å²) in [6, 6.07) is 0. The molecule has 18 heavy (non-hydrogen) atoms. The highest BCUT2D eigenvalue weighted by Crippen LogP contribution is 2.29. The summed E-state index contributed by atoms with van der Waals surface area (Å²) in [5.74, 6) is 0.155. The summed E-state index contributed by atoms with van der Waals surface area (Å²) in [5.41, 5.74) is 0.838. The van der Waals surface area contributed by atoms with E-state index in [4.69, 9.17) is 16.3 Å². The van der Waals surface area contributed by atoms with Crippen molar-refractivity contribution in [2.24, 2.45) is 5.41 Å². The minimum atomic E-state index is -0.559. The van der Waals surface area contributed by atoms with Crippen molar-refractivity contribution >= 4 is 23.1 Å². The lowest BCUT2D eigenvalue weighted by Crippen LogP contribution is -2.25. The van der Waals surface area contributed by atoms with E-state index in [2.05, 4.69) is 10.1 Å². The third-order valence-electron chi connectivity index (χ3n) is 2.55. The Kier molecular flexibility index (Phi) is 3.02. The minimum Gasteiger partial charge on any atom is -0.424 e. The molecule has 0 aliphatic rings. The minimum absolute atomic E-state index is 0.300. The average molecular weight is 273 g/mol. The number of carbonyl (C=O) groups excluding carboxylic acids is 1. The van der Waals surface area contributed by atoms with Crippen LogP contribution in [0.15, 0.2) is 12.5 Å². The van der Waals surface area contributed by atoms with Crippen LogP contribution in [0.5, 0.6) is 5.75 Å². The number of aromatic nitrogens is 3. The fourth-order valence-electron chi connectivity index (χ4n) is 1.45. The standard InChI is InChI=1S/C12H14ClN3O2/c1-7-8(18-11(17)12(2,3)4)5-16-9(7)10(13)14-6-15-16/h5-6H,1-4H3/i1+1,7+1,8+1,14+1,16+1. The number of esters is 1. The van der Waals surface area contributed by atoms with Gasteiger partial charge < -0.3 is 4.74 Å². The maximum atomic E-state index is 11.8. The molecule has 0 N–H and O–H groups in total. The van der Waals surface area contributed by atoms with Gasteiger partial charge in [0.1, 0.15) is 11.8 Å². The second kappa shape index (κ2) is 4.24. The summed E-state index contributed by atoms with van der Waals surface area (Å²) in [6.45, 7) is 7.21. The van der Waals surface area contributed by atoms with Crippen molar-refractivity contribution in [3.63, 3.8) is 0 Å². The van der Waals surface area contributed by atoms with E-state index in [0.717, 1.165) is 5.56 Å². The van der Waals surface area contributed by atoms with E-state index in [0.29, 0.717) is 16.4 Å². The Morgan fingerprint density at radius 1 is 1.44 bits per heavy atom. The van der Waals surface area contributed by atoms with Crippen LogP contribution in [-0.4, -0.2) is 20.6 Å². The van der Waals surface area contributed by atoms with E-state index in [1.165, 1.54) is 6.33 Å². The van der Waals surface area contributed by atoms with Crippen LogP contribution in [0.1, 0.15) is 26.3 Å². The molecule has 0 amide bonds. The van der Waals surface area contributed by atoms with Crippen LogP contribution in [0.4, 0.5) is 0 Å². The molecular formula is C12H14ClN3O2. The second-order valence-corrected chi connectivity index (χ2v) is 5.46. The Morgan fingerprint density at radius 2 is 2.11 bits per heavy atom. The molecular weight excluding hydrogens is 259 g/mol. The van der Waals surface area contributed by atoms with Crippen molar-refractivity contribution in [3.05, 3.63) is 23.2 Å². The Balaban J connectivity index is 2.45. The third-order valence-corrected chi connectivity index (χ3v) is 2.83. The first-order valence-electron chi connectivity index (χ1n) is 5.51. The van der Waals surface area contributed by atoms with Crippen LogP contribution >= 0.6 is 11.6 Å². The molecule has 0 unspecified atom stereocenters. The van der Waals surface area contributed by atoms with Crippen molar-refractivity contribution in [3.8, 4) is 5.75 Å². The molecule has 2 rings (SSSR count). The molecule has 0 saturated carbocycles. The van der Waals surface area contributed by atoms with E-state index < -0.39 is 5.41 Å². The lowest BCUT2D eigenvalue weighted by atomic mass is 9.98. The predicted octanol–water partition coefficient (Wildman–Crippen LogP) is 2.64. The van der Waals surface area contributed by atoms with E-state index in [9.17, 15) is 4.79 Å². The number of carbonyl (C=O) groups is 1. The molecule has 6 heteroatoms. The SMILES string of the molecule is CC(C)(C)C(=O)O[13c]1c[15n]2nc[15n]c(Cl)c2[13c]1[13CH3]. The van der Waals surface area contributed by atoms with Crippen LogP contribution in [0.3, 0.4) is 0 Å². The fraction of sp³-hybridized carbons (Fsp3) is 0.417. The molecule has 2 aromatic rings. The fourth-order valence-corrected chi connectivity index (χ4v) is 1.72. The molecule has 2 heterocycles. The van der Waals surface area contributed by atoms with Gasteiger partial charge in [-0.1, -0.05) is 11.6 Å². The maximum absolute atomic E-state index is 11.8. The van der Waals surface area contributed by atoms with Crippen LogP contribution in [-0.2, 0) is 4.79 Å². The molecule has 0 fully saturated rings. The summed E-state index contributed by atoms with van der Waals surface area (Å²) < 4.78 is 6.91. The number of aryl methyl sites for hydroxylation is 1. The van der Waals surface area contributed by atoms with Gasteiger partial charge in [-0.2, -0.15) is 5.10 Å². The maximum Gasteiger partial charge on any atom is 0.316 e. The first-order valence-corrected chi connectivity index (χ1v) is 5.89. The first kappa shape index (κ1) is 12.8. The number of rotatable bonds is 1. The van der Waals surface area contributed by atoms with Gasteiger partial charge in [-0.3, -0.25) is 4.79 Å². The molecule has 96 valence electrons. The predicted molar refractivity (Wildman–Crippen MR) is 67.8 cm³/mol. The van der Waals surface area contributed by atoms with Crippen LogP contribution < -0.4 is 4.74 Å². The lowest BCUT2D eigenvalue weighted by molar-refractivity contribution is -0.143. The second-order valence-electron chi connectivity index (χ2n) is 5.10. The van der Waals surface area contributed by atoms with E-state index in [1.807, 2.05) is 6.92 Å². The summed E-state index contributed by atoms with van der Waals surface area (Å²) in [6.07, 6.45) is 2.98. The lowest BCUT2D eigenvalue weighted by Gasteiger charge is -2.15. The van der Waals surface area contributed by atoms with Crippen LogP contribution in [0.25, 0.3) is 5.52 Å². The number of nitrogens with zero attached hydrogens (tertiary/aromatic N) is 3. The molecule has 0 radical (unpaired) electrons. The van der Waals surface area contributed by atoms with Crippen molar-refractivity contribution in [2.45, 2.75) is 27.7 Å². The van der Waals surface area contributed by atoms with Gasteiger partial charge in [0, 0.05) is 5.56 Å². The van der Waals surface area contributed by atoms with Gasteiger partial charge in [-0.15, -0.1) is 0 Å². The van der Waals surface area contributed by atoms with Crippen LogP contribution in [0, 0.1) is 12.3 Å².